The monoisotopic (exact) mass is 220 g/mol. The van der Waals surface area contributed by atoms with Gasteiger partial charge in [0.15, 0.2) is 0 Å². The highest BCUT2D eigenvalue weighted by molar-refractivity contribution is 5.14. The zero-order valence-corrected chi connectivity index (χ0v) is 10.8. The third-order valence-electron chi connectivity index (χ3n) is 3.06. The molecule has 90 valence electrons. The second kappa shape index (κ2) is 7.39. The van der Waals surface area contributed by atoms with Gasteiger partial charge in [0.25, 0.3) is 0 Å². The molecule has 0 fully saturated rings. The van der Waals surface area contributed by atoms with Gasteiger partial charge in [-0.3, -0.25) is 4.98 Å². The Labute approximate surface area is 99.5 Å². The molecule has 1 heterocycles. The minimum atomic E-state index is 0.569. The van der Waals surface area contributed by atoms with Gasteiger partial charge in [-0.15, -0.1) is 0 Å². The maximum atomic E-state index is 4.51. The molecule has 0 saturated heterocycles. The Morgan fingerprint density at radius 2 is 2.12 bits per heavy atom. The largest absolute Gasteiger partial charge is 0.317 e. The average molecular weight is 220 g/mol. The van der Waals surface area contributed by atoms with Gasteiger partial charge >= 0.3 is 0 Å². The molecule has 2 nitrogen and oxygen atoms in total. The standard InChI is InChI=1S/C14H24N2/c1-4-6-7-13(15-3)10-14-9-8-12(5-2)11-16-14/h8-9,11,13,15H,4-7,10H2,1-3H3. The second-order valence-electron chi connectivity index (χ2n) is 4.34. The predicted molar refractivity (Wildman–Crippen MR) is 69.7 cm³/mol. The van der Waals surface area contributed by atoms with Gasteiger partial charge in [0.2, 0.25) is 0 Å². The lowest BCUT2D eigenvalue weighted by Gasteiger charge is -2.15. The Hall–Kier alpha value is -0.890. The first-order valence-corrected chi connectivity index (χ1v) is 6.41. The topological polar surface area (TPSA) is 24.9 Å². The smallest absolute Gasteiger partial charge is 0.0419 e. The molecule has 0 radical (unpaired) electrons. The van der Waals surface area contributed by atoms with Crippen molar-refractivity contribution in [1.29, 1.82) is 0 Å². The molecule has 0 aliphatic carbocycles. The summed E-state index contributed by atoms with van der Waals surface area (Å²) in [5, 5.41) is 3.37. The molecule has 0 bridgehead atoms. The molecule has 0 aromatic carbocycles. The van der Waals surface area contributed by atoms with Crippen LogP contribution < -0.4 is 5.32 Å². The molecule has 1 unspecified atom stereocenters. The van der Waals surface area contributed by atoms with Crippen molar-refractivity contribution in [2.24, 2.45) is 0 Å². The summed E-state index contributed by atoms with van der Waals surface area (Å²) in [5.41, 5.74) is 2.52. The third-order valence-corrected chi connectivity index (χ3v) is 3.06. The van der Waals surface area contributed by atoms with E-state index in [2.05, 4.69) is 36.3 Å². The first kappa shape index (κ1) is 13.2. The second-order valence-corrected chi connectivity index (χ2v) is 4.34. The number of hydrogen-bond acceptors (Lipinski definition) is 2. The Balaban J connectivity index is 2.49. The molecular weight excluding hydrogens is 196 g/mol. The Morgan fingerprint density at radius 1 is 1.31 bits per heavy atom. The molecule has 0 aliphatic heterocycles. The lowest BCUT2D eigenvalue weighted by Crippen LogP contribution is -2.27. The van der Waals surface area contributed by atoms with E-state index in [4.69, 9.17) is 0 Å². The average Bonchev–Trinajstić information content (AvgIpc) is 2.35. The lowest BCUT2D eigenvalue weighted by molar-refractivity contribution is 0.494. The van der Waals surface area contributed by atoms with E-state index in [1.165, 1.54) is 30.5 Å². The molecular formula is C14H24N2. The lowest BCUT2D eigenvalue weighted by atomic mass is 10.0. The third kappa shape index (κ3) is 4.31. The minimum Gasteiger partial charge on any atom is -0.317 e. The van der Waals surface area contributed by atoms with E-state index < -0.39 is 0 Å². The van der Waals surface area contributed by atoms with Crippen molar-refractivity contribution in [2.75, 3.05) is 7.05 Å². The fraction of sp³-hybridized carbons (Fsp3) is 0.643. The van der Waals surface area contributed by atoms with Gasteiger partial charge in [0, 0.05) is 24.4 Å². The molecule has 0 spiro atoms. The zero-order chi connectivity index (χ0) is 11.8. The predicted octanol–water partition coefficient (Wildman–Crippen LogP) is 2.96. The highest BCUT2D eigenvalue weighted by atomic mass is 14.9. The van der Waals surface area contributed by atoms with Crippen molar-refractivity contribution in [3.8, 4) is 0 Å². The van der Waals surface area contributed by atoms with E-state index in [1.54, 1.807) is 0 Å². The van der Waals surface area contributed by atoms with Crippen LogP contribution in [0.1, 0.15) is 44.4 Å². The van der Waals surface area contributed by atoms with Crippen LogP contribution in [0.2, 0.25) is 0 Å². The Morgan fingerprint density at radius 3 is 2.62 bits per heavy atom. The molecule has 1 N–H and O–H groups in total. The number of aryl methyl sites for hydroxylation is 1. The number of nitrogens with one attached hydrogen (secondary N) is 1. The number of aromatic nitrogens is 1. The van der Waals surface area contributed by atoms with Crippen LogP contribution in [0, 0.1) is 0 Å². The number of nitrogens with zero attached hydrogens (tertiary/aromatic N) is 1. The fourth-order valence-corrected chi connectivity index (χ4v) is 1.84. The first-order valence-electron chi connectivity index (χ1n) is 6.41. The highest BCUT2D eigenvalue weighted by Crippen LogP contribution is 2.08. The molecule has 1 atom stereocenters. The van der Waals surface area contributed by atoms with Crippen LogP contribution in [0.25, 0.3) is 0 Å². The van der Waals surface area contributed by atoms with Gasteiger partial charge in [-0.1, -0.05) is 32.8 Å². The summed E-state index contributed by atoms with van der Waals surface area (Å²) in [6, 6.07) is 4.92. The van der Waals surface area contributed by atoms with Crippen molar-refractivity contribution >= 4 is 0 Å². The van der Waals surface area contributed by atoms with Crippen LogP contribution in [-0.4, -0.2) is 18.1 Å². The quantitative estimate of drug-likeness (QED) is 0.764. The van der Waals surface area contributed by atoms with E-state index in [0.717, 1.165) is 12.8 Å². The molecule has 0 aliphatic rings. The van der Waals surface area contributed by atoms with Gasteiger partial charge < -0.3 is 5.32 Å². The number of hydrogen-bond donors (Lipinski definition) is 1. The maximum Gasteiger partial charge on any atom is 0.0419 e. The number of likely N-dealkylation sites (N-methyl/N-ethyl adjacent to an activating group) is 1. The summed E-state index contributed by atoms with van der Waals surface area (Å²) < 4.78 is 0. The maximum absolute atomic E-state index is 4.51. The van der Waals surface area contributed by atoms with Crippen molar-refractivity contribution in [1.82, 2.24) is 10.3 Å². The van der Waals surface area contributed by atoms with Crippen LogP contribution in [0.5, 0.6) is 0 Å². The SMILES string of the molecule is CCCCC(Cc1ccc(CC)cn1)NC. The van der Waals surface area contributed by atoms with E-state index in [9.17, 15) is 0 Å². The molecule has 0 saturated carbocycles. The summed E-state index contributed by atoms with van der Waals surface area (Å²) in [4.78, 5) is 4.51. The normalized spacial score (nSPS) is 12.7. The van der Waals surface area contributed by atoms with E-state index in [-0.39, 0.29) is 0 Å². The van der Waals surface area contributed by atoms with Crippen LogP contribution in [-0.2, 0) is 12.8 Å². The molecule has 1 aromatic rings. The summed E-state index contributed by atoms with van der Waals surface area (Å²) in [6.45, 7) is 4.40. The summed E-state index contributed by atoms with van der Waals surface area (Å²) in [7, 11) is 2.04. The van der Waals surface area contributed by atoms with Gasteiger partial charge in [0.1, 0.15) is 0 Å². The molecule has 2 heteroatoms. The van der Waals surface area contributed by atoms with Gasteiger partial charge in [0.05, 0.1) is 0 Å². The molecule has 1 rings (SSSR count). The molecule has 1 aromatic heterocycles. The van der Waals surface area contributed by atoms with Gasteiger partial charge in [-0.25, -0.2) is 0 Å². The van der Waals surface area contributed by atoms with E-state index >= 15 is 0 Å². The first-order chi connectivity index (χ1) is 7.80. The summed E-state index contributed by atoms with van der Waals surface area (Å²) in [6.07, 6.45) is 7.91. The van der Waals surface area contributed by atoms with Crippen molar-refractivity contribution in [3.63, 3.8) is 0 Å². The van der Waals surface area contributed by atoms with Crippen molar-refractivity contribution < 1.29 is 0 Å². The van der Waals surface area contributed by atoms with Crippen LogP contribution in [0.3, 0.4) is 0 Å². The number of pyridine rings is 1. The zero-order valence-electron chi connectivity index (χ0n) is 10.8. The van der Waals surface area contributed by atoms with Gasteiger partial charge in [-0.05, 0) is 31.5 Å². The number of rotatable bonds is 7. The van der Waals surface area contributed by atoms with Crippen molar-refractivity contribution in [3.05, 3.63) is 29.6 Å². The Bertz CT molecular complexity index is 279. The summed E-state index contributed by atoms with van der Waals surface area (Å²) >= 11 is 0. The van der Waals surface area contributed by atoms with Crippen LogP contribution in [0.4, 0.5) is 0 Å². The van der Waals surface area contributed by atoms with Crippen LogP contribution >= 0.6 is 0 Å². The van der Waals surface area contributed by atoms with E-state index in [0.29, 0.717) is 6.04 Å². The van der Waals surface area contributed by atoms with Crippen LogP contribution in [0.15, 0.2) is 18.3 Å². The van der Waals surface area contributed by atoms with Gasteiger partial charge in [-0.2, -0.15) is 0 Å². The minimum absolute atomic E-state index is 0.569. The summed E-state index contributed by atoms with van der Waals surface area (Å²) in [5.74, 6) is 0. The molecule has 16 heavy (non-hydrogen) atoms. The fourth-order valence-electron chi connectivity index (χ4n) is 1.84. The highest BCUT2D eigenvalue weighted by Gasteiger charge is 2.07. The Kier molecular flexibility index (Phi) is 6.09. The van der Waals surface area contributed by atoms with Crippen molar-refractivity contribution in [2.45, 2.75) is 52.0 Å². The molecule has 0 amide bonds. The number of unbranched alkanes of at least 4 members (excludes halogenated alkanes) is 1. The van der Waals surface area contributed by atoms with E-state index in [1.807, 2.05) is 13.2 Å².